The Balaban J connectivity index is 1.68. The summed E-state index contributed by atoms with van der Waals surface area (Å²) in [6.45, 7) is 0. The molecule has 20 heavy (non-hydrogen) atoms. The van der Waals surface area contributed by atoms with E-state index in [1.807, 2.05) is 0 Å². The van der Waals surface area contributed by atoms with Crippen LogP contribution in [0, 0.1) is 11.8 Å². The van der Waals surface area contributed by atoms with Crippen LogP contribution in [0.4, 0.5) is 13.2 Å². The molecule has 0 radical (unpaired) electrons. The van der Waals surface area contributed by atoms with Gasteiger partial charge in [-0.2, -0.15) is 21.6 Å². The Bertz CT molecular complexity index is 629. The van der Waals surface area contributed by atoms with Crippen LogP contribution >= 0.6 is 0 Å². The number of fused-ring (bicyclic) bond motifs is 5. The van der Waals surface area contributed by atoms with Crippen molar-refractivity contribution in [3.05, 3.63) is 0 Å². The van der Waals surface area contributed by atoms with Crippen LogP contribution in [-0.2, 0) is 29.2 Å². The lowest BCUT2D eigenvalue weighted by molar-refractivity contribution is -0.0442. The van der Waals surface area contributed by atoms with E-state index in [0.29, 0.717) is 17.0 Å². The average molecular weight is 337 g/mol. The molecule has 3 fully saturated rings. The lowest BCUT2D eigenvalue weighted by atomic mass is 9.98. The molecular weight excluding hydrogens is 327 g/mol. The van der Waals surface area contributed by atoms with Crippen molar-refractivity contribution in [2.45, 2.75) is 36.7 Å². The second-order valence-electron chi connectivity index (χ2n) is 5.08. The van der Waals surface area contributed by atoms with Crippen LogP contribution in [0.3, 0.4) is 0 Å². The van der Waals surface area contributed by atoms with Crippen molar-refractivity contribution in [2.75, 3.05) is 0 Å². The SMILES string of the molecule is O=S(=O)(NS(=O)(=O)C(F)(F)F)OC1CC2CC1C1OC21. The summed E-state index contributed by atoms with van der Waals surface area (Å²) < 4.78 is 91.0. The second kappa shape index (κ2) is 4.06. The molecule has 5 unspecified atom stereocenters. The standard InChI is InChI=1S/C8H10F3NO6S2/c9-8(10,11)19(13,14)12-20(15,16)18-5-2-3-1-4(5)7-6(3)17-7/h3-7,12H,1-2H2. The predicted octanol–water partition coefficient (Wildman–Crippen LogP) is -0.137. The maximum absolute atomic E-state index is 12.1. The third kappa shape index (κ3) is 2.32. The summed E-state index contributed by atoms with van der Waals surface area (Å²) in [7, 11) is -11.1. The second-order valence-corrected chi connectivity index (χ2v) is 8.32. The Hall–Kier alpha value is -0.430. The molecule has 3 rings (SSSR count). The number of sulfonamides is 1. The third-order valence-electron chi connectivity index (χ3n) is 3.80. The molecule has 116 valence electrons. The summed E-state index contributed by atoms with van der Waals surface area (Å²) in [4.78, 5) is 0. The summed E-state index contributed by atoms with van der Waals surface area (Å²) in [5.74, 6) is -0.0837. The van der Waals surface area contributed by atoms with Crippen LogP contribution in [0.2, 0.25) is 0 Å². The van der Waals surface area contributed by atoms with Gasteiger partial charge in [0.1, 0.15) is 0 Å². The Labute approximate surface area is 112 Å². The first kappa shape index (κ1) is 14.5. The molecule has 1 N–H and O–H groups in total. The summed E-state index contributed by atoms with van der Waals surface area (Å²) in [6, 6.07) is 0. The Morgan fingerprint density at radius 2 is 1.75 bits per heavy atom. The van der Waals surface area contributed by atoms with E-state index in [4.69, 9.17) is 4.74 Å². The number of halogens is 3. The highest BCUT2D eigenvalue weighted by molar-refractivity contribution is 8.03. The molecule has 12 heteroatoms. The number of rotatable bonds is 4. The Kier molecular flexibility index (Phi) is 2.95. The van der Waals surface area contributed by atoms with E-state index in [-0.39, 0.29) is 24.0 Å². The van der Waals surface area contributed by atoms with E-state index < -0.39 is 31.9 Å². The highest BCUT2D eigenvalue weighted by Crippen LogP contribution is 2.57. The van der Waals surface area contributed by atoms with Crippen LogP contribution in [0.15, 0.2) is 0 Å². The zero-order valence-electron chi connectivity index (χ0n) is 9.70. The first-order valence-corrected chi connectivity index (χ1v) is 8.58. The summed E-state index contributed by atoms with van der Waals surface area (Å²) in [5.41, 5.74) is -5.72. The van der Waals surface area contributed by atoms with Gasteiger partial charge in [-0.15, -0.1) is 0 Å². The fourth-order valence-electron chi connectivity index (χ4n) is 3.02. The minimum absolute atomic E-state index is 0.0921. The van der Waals surface area contributed by atoms with Crippen molar-refractivity contribution in [3.8, 4) is 0 Å². The normalized spacial score (nSPS) is 39.9. The fourth-order valence-corrected chi connectivity index (χ4v) is 5.18. The number of epoxide rings is 1. The fraction of sp³-hybridized carbons (Fsp3) is 1.00. The minimum atomic E-state index is -6.01. The summed E-state index contributed by atoms with van der Waals surface area (Å²) in [5, 5.41) is 0. The van der Waals surface area contributed by atoms with Gasteiger partial charge in [0.05, 0.1) is 18.3 Å². The van der Waals surface area contributed by atoms with Crippen LogP contribution in [0.1, 0.15) is 12.8 Å². The van der Waals surface area contributed by atoms with Crippen molar-refractivity contribution in [3.63, 3.8) is 0 Å². The van der Waals surface area contributed by atoms with Crippen molar-refractivity contribution < 1.29 is 38.9 Å². The number of hydrogen-bond acceptors (Lipinski definition) is 6. The number of hydrogen-bond donors (Lipinski definition) is 1. The van der Waals surface area contributed by atoms with Crippen molar-refractivity contribution in [1.29, 1.82) is 0 Å². The summed E-state index contributed by atoms with van der Waals surface area (Å²) >= 11 is 0. The minimum Gasteiger partial charge on any atom is -0.369 e. The van der Waals surface area contributed by atoms with Crippen LogP contribution in [0.25, 0.3) is 0 Å². The van der Waals surface area contributed by atoms with E-state index in [9.17, 15) is 30.0 Å². The van der Waals surface area contributed by atoms with E-state index >= 15 is 0 Å². The van der Waals surface area contributed by atoms with Gasteiger partial charge in [0.15, 0.2) is 0 Å². The quantitative estimate of drug-likeness (QED) is 0.717. The van der Waals surface area contributed by atoms with Gasteiger partial charge in [-0.25, -0.2) is 8.42 Å². The molecule has 1 aliphatic heterocycles. The van der Waals surface area contributed by atoms with E-state index in [0.717, 1.165) is 0 Å². The van der Waals surface area contributed by atoms with Crippen molar-refractivity contribution in [1.82, 2.24) is 4.13 Å². The van der Waals surface area contributed by atoms with Gasteiger partial charge in [0.2, 0.25) is 0 Å². The molecule has 2 saturated carbocycles. The Morgan fingerprint density at radius 3 is 2.25 bits per heavy atom. The molecular formula is C8H10F3NO6S2. The molecule has 0 aromatic heterocycles. The Morgan fingerprint density at radius 1 is 1.10 bits per heavy atom. The predicted molar refractivity (Wildman–Crippen MR) is 56.8 cm³/mol. The van der Waals surface area contributed by atoms with E-state index in [1.165, 1.54) is 0 Å². The molecule has 2 bridgehead atoms. The highest BCUT2D eigenvalue weighted by atomic mass is 32.3. The van der Waals surface area contributed by atoms with Gasteiger partial charge in [-0.05, 0) is 18.8 Å². The van der Waals surface area contributed by atoms with Crippen LogP contribution in [-0.4, -0.2) is 40.7 Å². The number of alkyl halides is 3. The van der Waals surface area contributed by atoms with Crippen LogP contribution in [0.5, 0.6) is 0 Å². The van der Waals surface area contributed by atoms with Gasteiger partial charge < -0.3 is 4.74 Å². The number of nitrogens with one attached hydrogen (secondary N) is 1. The van der Waals surface area contributed by atoms with Crippen molar-refractivity contribution in [2.24, 2.45) is 11.8 Å². The third-order valence-corrected chi connectivity index (χ3v) is 6.61. The molecule has 5 atom stereocenters. The van der Waals surface area contributed by atoms with Gasteiger partial charge in [0.25, 0.3) is 0 Å². The monoisotopic (exact) mass is 337 g/mol. The molecule has 2 aliphatic carbocycles. The zero-order valence-corrected chi connectivity index (χ0v) is 11.3. The van der Waals surface area contributed by atoms with E-state index in [1.54, 1.807) is 0 Å². The lowest BCUT2D eigenvalue weighted by Crippen LogP contribution is -2.43. The molecule has 1 saturated heterocycles. The van der Waals surface area contributed by atoms with Gasteiger partial charge in [0, 0.05) is 5.92 Å². The summed E-state index contributed by atoms with van der Waals surface area (Å²) in [6.07, 6.45) is 0.146. The zero-order chi connectivity index (χ0) is 14.9. The average Bonchev–Trinajstić information content (AvgIpc) is 2.84. The van der Waals surface area contributed by atoms with Gasteiger partial charge >= 0.3 is 25.8 Å². The lowest BCUT2D eigenvalue weighted by Gasteiger charge is -2.19. The molecule has 3 aliphatic rings. The highest BCUT2D eigenvalue weighted by Gasteiger charge is 2.64. The number of ether oxygens (including phenoxy) is 1. The largest absolute Gasteiger partial charge is 0.512 e. The van der Waals surface area contributed by atoms with Crippen LogP contribution < -0.4 is 4.13 Å². The first-order chi connectivity index (χ1) is 9.00. The molecule has 0 aromatic carbocycles. The maximum Gasteiger partial charge on any atom is 0.512 e. The smallest absolute Gasteiger partial charge is 0.369 e. The maximum atomic E-state index is 12.1. The van der Waals surface area contributed by atoms with E-state index in [2.05, 4.69) is 4.18 Å². The molecule has 0 amide bonds. The van der Waals surface area contributed by atoms with Crippen molar-refractivity contribution >= 4 is 20.3 Å². The molecule has 0 spiro atoms. The topological polar surface area (TPSA) is 102 Å². The van der Waals surface area contributed by atoms with Gasteiger partial charge in [-0.1, -0.05) is 4.13 Å². The molecule has 0 aromatic rings. The molecule has 1 heterocycles. The first-order valence-electron chi connectivity index (χ1n) is 5.69. The van der Waals surface area contributed by atoms with Gasteiger partial charge in [-0.3, -0.25) is 4.18 Å². The molecule has 7 nitrogen and oxygen atoms in total.